The number of nitrogens with zero attached hydrogens (tertiary/aromatic N) is 2. The van der Waals surface area contributed by atoms with Gasteiger partial charge in [-0.2, -0.15) is 0 Å². The van der Waals surface area contributed by atoms with Crippen LogP contribution in [0.15, 0.2) is 92.3 Å². The molecule has 5 rings (SSSR count). The monoisotopic (exact) mass is 728 g/mol. The number of hydrogen-bond acceptors (Lipinski definition) is 6. The second kappa shape index (κ2) is 12.2. The van der Waals surface area contributed by atoms with E-state index < -0.39 is 12.0 Å². The number of carbonyl (C=O) groups is 1. The number of ether oxygens (including phenoxy) is 2. The number of aryl methyl sites for hydroxylation is 1. The minimum absolute atomic E-state index is 0.208. The third kappa shape index (κ3) is 5.73. The minimum atomic E-state index is -0.619. The number of rotatable bonds is 7. The Morgan fingerprint density at radius 3 is 2.52 bits per heavy atom. The number of fused-ring (bicyclic) bond motifs is 1. The molecule has 204 valence electrons. The summed E-state index contributed by atoms with van der Waals surface area (Å²) < 4.78 is 15.1. The summed E-state index contributed by atoms with van der Waals surface area (Å²) in [5, 5.41) is 0. The first kappa shape index (κ1) is 28.5. The molecule has 0 spiro atoms. The van der Waals surface area contributed by atoms with Crippen LogP contribution in [-0.4, -0.2) is 17.6 Å². The lowest BCUT2D eigenvalue weighted by Crippen LogP contribution is -2.40. The molecule has 0 saturated heterocycles. The van der Waals surface area contributed by atoms with Crippen LogP contribution in [0.25, 0.3) is 6.08 Å². The van der Waals surface area contributed by atoms with Crippen LogP contribution in [0.5, 0.6) is 5.75 Å². The molecule has 0 bridgehead atoms. The van der Waals surface area contributed by atoms with Crippen molar-refractivity contribution in [3.05, 3.63) is 128 Å². The zero-order valence-electron chi connectivity index (χ0n) is 22.1. The second-order valence-corrected chi connectivity index (χ2v) is 12.3. The molecule has 3 aromatic carbocycles. The van der Waals surface area contributed by atoms with Crippen molar-refractivity contribution in [3.63, 3.8) is 0 Å². The quantitative estimate of drug-likeness (QED) is 0.172. The van der Waals surface area contributed by atoms with Crippen LogP contribution in [0.4, 0.5) is 0 Å². The summed E-state index contributed by atoms with van der Waals surface area (Å²) >= 11 is 7.22. The second-order valence-electron chi connectivity index (χ2n) is 9.29. The van der Waals surface area contributed by atoms with Gasteiger partial charge in [-0.25, -0.2) is 9.79 Å². The Balaban J connectivity index is 1.56. The first-order valence-corrected chi connectivity index (χ1v) is 15.3. The van der Waals surface area contributed by atoms with Crippen LogP contribution in [0.2, 0.25) is 0 Å². The smallest absolute Gasteiger partial charge is 0.338 e. The van der Waals surface area contributed by atoms with E-state index in [0.29, 0.717) is 33.6 Å². The molecule has 1 aliphatic rings. The maximum atomic E-state index is 13.8. The summed E-state index contributed by atoms with van der Waals surface area (Å²) in [5.74, 6) is 0.266. The van der Waals surface area contributed by atoms with Gasteiger partial charge in [0.05, 0.1) is 37.0 Å². The molecule has 0 radical (unpaired) electrons. The number of thiazole rings is 1. The molecule has 0 amide bonds. The van der Waals surface area contributed by atoms with Crippen molar-refractivity contribution < 1.29 is 14.3 Å². The normalized spacial score (nSPS) is 15.0. The average molecular weight is 729 g/mol. The molecule has 1 aliphatic heterocycles. The van der Waals surface area contributed by atoms with Crippen molar-refractivity contribution >= 4 is 61.9 Å². The highest BCUT2D eigenvalue weighted by molar-refractivity contribution is 14.1. The zero-order chi connectivity index (χ0) is 28.4. The van der Waals surface area contributed by atoms with Gasteiger partial charge in [-0.05, 0) is 86.8 Å². The van der Waals surface area contributed by atoms with Crippen LogP contribution in [0, 0.1) is 10.5 Å². The minimum Gasteiger partial charge on any atom is -0.487 e. The van der Waals surface area contributed by atoms with Crippen molar-refractivity contribution in [2.45, 2.75) is 32.9 Å². The van der Waals surface area contributed by atoms with Crippen molar-refractivity contribution in [1.82, 2.24) is 4.57 Å². The molecule has 4 aromatic rings. The fourth-order valence-corrected chi connectivity index (χ4v) is 7.40. The van der Waals surface area contributed by atoms with Gasteiger partial charge in [0.25, 0.3) is 5.56 Å². The van der Waals surface area contributed by atoms with Gasteiger partial charge in [-0.1, -0.05) is 78.4 Å². The van der Waals surface area contributed by atoms with Crippen molar-refractivity contribution in [1.29, 1.82) is 0 Å². The fraction of sp³-hybridized carbons (Fsp3) is 0.194. The molecule has 0 aliphatic carbocycles. The Hall–Kier alpha value is -3.02. The van der Waals surface area contributed by atoms with Gasteiger partial charge >= 0.3 is 5.97 Å². The van der Waals surface area contributed by atoms with Crippen LogP contribution in [0.1, 0.15) is 41.6 Å². The average Bonchev–Trinajstić information content (AvgIpc) is 3.26. The summed E-state index contributed by atoms with van der Waals surface area (Å²) in [5.41, 5.74) is 4.77. The number of allylic oxidation sites excluding steroid dienone is 1. The highest BCUT2D eigenvalue weighted by atomic mass is 127. The van der Waals surface area contributed by atoms with Crippen molar-refractivity contribution in [2.75, 3.05) is 7.11 Å². The van der Waals surface area contributed by atoms with Crippen LogP contribution < -0.4 is 19.6 Å². The zero-order valence-corrected chi connectivity index (χ0v) is 26.7. The van der Waals surface area contributed by atoms with E-state index in [1.54, 1.807) is 4.57 Å². The third-order valence-corrected chi connectivity index (χ3v) is 8.96. The highest BCUT2D eigenvalue weighted by Gasteiger charge is 2.33. The molecule has 0 fully saturated rings. The number of esters is 1. The van der Waals surface area contributed by atoms with Gasteiger partial charge in [-0.15, -0.1) is 0 Å². The Kier molecular flexibility index (Phi) is 8.72. The first-order valence-electron chi connectivity index (χ1n) is 12.7. The predicted molar refractivity (Wildman–Crippen MR) is 169 cm³/mol. The summed E-state index contributed by atoms with van der Waals surface area (Å²) in [6.45, 7) is 4.46. The van der Waals surface area contributed by atoms with E-state index in [1.165, 1.54) is 24.0 Å². The fourth-order valence-electron chi connectivity index (χ4n) is 4.61. The SMILES string of the molecule is CCC1=C(C(=O)OC)[C@@H](c2ccccc2)n2c(s/c(=C\c3cc(Br)c(OCc4ccc(C)cc4)c(I)c3)c2=O)=N1. The van der Waals surface area contributed by atoms with E-state index in [0.717, 1.165) is 30.5 Å². The van der Waals surface area contributed by atoms with Gasteiger partial charge < -0.3 is 9.47 Å². The Morgan fingerprint density at radius 2 is 1.88 bits per heavy atom. The summed E-state index contributed by atoms with van der Waals surface area (Å²) in [6, 6.07) is 21.1. The molecular formula is C31H26BrIN2O4S. The molecule has 1 atom stereocenters. The van der Waals surface area contributed by atoms with Gasteiger partial charge in [0.1, 0.15) is 12.4 Å². The van der Waals surface area contributed by atoms with E-state index >= 15 is 0 Å². The number of hydrogen-bond donors (Lipinski definition) is 0. The lowest BCUT2D eigenvalue weighted by molar-refractivity contribution is -0.136. The molecule has 40 heavy (non-hydrogen) atoms. The van der Waals surface area contributed by atoms with Gasteiger partial charge in [0, 0.05) is 0 Å². The molecule has 1 aromatic heterocycles. The lowest BCUT2D eigenvalue weighted by atomic mass is 9.95. The van der Waals surface area contributed by atoms with Gasteiger partial charge in [0.15, 0.2) is 4.80 Å². The van der Waals surface area contributed by atoms with Gasteiger partial charge in [0.2, 0.25) is 0 Å². The van der Waals surface area contributed by atoms with Crippen LogP contribution in [-0.2, 0) is 16.1 Å². The maximum Gasteiger partial charge on any atom is 0.338 e. The number of aromatic nitrogens is 1. The molecule has 0 unspecified atom stereocenters. The van der Waals surface area contributed by atoms with E-state index in [9.17, 15) is 9.59 Å². The predicted octanol–water partition coefficient (Wildman–Crippen LogP) is 6.05. The van der Waals surface area contributed by atoms with E-state index in [2.05, 4.69) is 69.7 Å². The first-order chi connectivity index (χ1) is 19.3. The van der Waals surface area contributed by atoms with E-state index in [4.69, 9.17) is 14.5 Å². The van der Waals surface area contributed by atoms with E-state index in [1.807, 2.05) is 55.5 Å². The van der Waals surface area contributed by atoms with Crippen molar-refractivity contribution in [3.8, 4) is 5.75 Å². The summed E-state index contributed by atoms with van der Waals surface area (Å²) in [4.78, 5) is 32.1. The molecule has 9 heteroatoms. The Bertz CT molecular complexity index is 1770. The molecule has 0 N–H and O–H groups in total. The van der Waals surface area contributed by atoms with Crippen LogP contribution in [0.3, 0.4) is 0 Å². The molecule has 0 saturated carbocycles. The maximum absolute atomic E-state index is 13.8. The number of carbonyl (C=O) groups excluding carboxylic acids is 1. The molecular weight excluding hydrogens is 703 g/mol. The number of benzene rings is 3. The third-order valence-electron chi connectivity index (χ3n) is 6.59. The lowest BCUT2D eigenvalue weighted by Gasteiger charge is -2.25. The number of methoxy groups -OCH3 is 1. The summed E-state index contributed by atoms with van der Waals surface area (Å²) in [7, 11) is 1.35. The largest absolute Gasteiger partial charge is 0.487 e. The molecule has 2 heterocycles. The standard InChI is InChI=1S/C31H26BrIN2O4S/c1-4-24-26(30(37)38-3)27(21-8-6-5-7-9-21)35-29(36)25(40-31(35)34-24)16-20-14-22(32)28(23(33)15-20)39-17-19-12-10-18(2)11-13-19/h5-16,27H,4,17H2,1-3H3/b25-16-/t27-/m1/s1. The Morgan fingerprint density at radius 1 is 1.15 bits per heavy atom. The van der Waals surface area contributed by atoms with Crippen LogP contribution >= 0.6 is 49.9 Å². The Labute approximate surface area is 258 Å². The van der Waals surface area contributed by atoms with E-state index in [-0.39, 0.29) is 5.56 Å². The van der Waals surface area contributed by atoms with Crippen molar-refractivity contribution in [2.24, 2.45) is 4.99 Å². The van der Waals surface area contributed by atoms with Gasteiger partial charge in [-0.3, -0.25) is 9.36 Å². The molecule has 6 nitrogen and oxygen atoms in total. The summed E-state index contributed by atoms with van der Waals surface area (Å²) in [6.07, 6.45) is 2.39. The topological polar surface area (TPSA) is 69.9 Å². The number of halogens is 2. The highest BCUT2D eigenvalue weighted by Crippen LogP contribution is 2.34.